The van der Waals surface area contributed by atoms with Crippen molar-refractivity contribution in [2.75, 3.05) is 18.0 Å². The highest BCUT2D eigenvalue weighted by atomic mass is 32.1. The molecule has 0 saturated heterocycles. The molecule has 1 aliphatic rings. The lowest BCUT2D eigenvalue weighted by Gasteiger charge is -2.27. The average molecular weight is 337 g/mol. The first-order valence-electron chi connectivity index (χ1n) is 8.18. The summed E-state index contributed by atoms with van der Waals surface area (Å²) in [5.41, 5.74) is 3.30. The van der Waals surface area contributed by atoms with Crippen LogP contribution >= 0.6 is 11.3 Å². The predicted octanol–water partition coefficient (Wildman–Crippen LogP) is 3.48. The largest absolute Gasteiger partial charge is 0.366 e. The van der Waals surface area contributed by atoms with E-state index in [1.54, 1.807) is 17.5 Å². The van der Waals surface area contributed by atoms with E-state index in [1.807, 2.05) is 17.5 Å². The molecule has 1 unspecified atom stereocenters. The van der Waals surface area contributed by atoms with Crippen LogP contribution in [0.4, 0.5) is 5.69 Å². The number of carbonyl (C=O) groups excluding carboxylic acids is 1. The molecule has 4 nitrogen and oxygen atoms in total. The van der Waals surface area contributed by atoms with Crippen LogP contribution in [0.25, 0.3) is 10.2 Å². The number of benzene rings is 1. The molecule has 1 N–H and O–H groups in total. The molecule has 3 heterocycles. The Bertz CT molecular complexity index is 889. The maximum Gasteiger partial charge on any atom is 0.252 e. The average Bonchev–Trinajstić information content (AvgIpc) is 3.25. The number of carbonyl (C=O) groups is 1. The molecule has 122 valence electrons. The summed E-state index contributed by atoms with van der Waals surface area (Å²) in [6, 6.07) is 12.7. The lowest BCUT2D eigenvalue weighted by Crippen LogP contribution is -2.41. The molecule has 1 atom stereocenters. The standard InChI is InChI=1S/C19H19N3OS/c1-13(22-8-6-14-4-2-3-5-17(14)22)11-20-18(23)16-10-15-7-9-24-19(15)21-12-16/h2-5,7,9-10,12-13H,6,8,11H2,1H3,(H,20,23). The monoisotopic (exact) mass is 337 g/mol. The number of hydrogen-bond donors (Lipinski definition) is 1. The Labute approximate surface area is 145 Å². The normalized spacial score (nSPS) is 14.6. The third kappa shape index (κ3) is 2.76. The molecule has 0 aliphatic carbocycles. The van der Waals surface area contributed by atoms with E-state index >= 15 is 0 Å². The molecule has 0 bridgehead atoms. The third-order valence-electron chi connectivity index (χ3n) is 4.58. The number of hydrogen-bond acceptors (Lipinski definition) is 4. The molecule has 1 aromatic carbocycles. The molecule has 1 amide bonds. The van der Waals surface area contributed by atoms with Crippen LogP contribution in [-0.2, 0) is 6.42 Å². The van der Waals surface area contributed by atoms with Crippen molar-refractivity contribution in [3.05, 3.63) is 59.1 Å². The van der Waals surface area contributed by atoms with E-state index in [-0.39, 0.29) is 11.9 Å². The van der Waals surface area contributed by atoms with Gasteiger partial charge in [0.05, 0.1) is 5.56 Å². The quantitative estimate of drug-likeness (QED) is 0.793. The first-order chi connectivity index (χ1) is 11.7. The minimum atomic E-state index is -0.0602. The van der Waals surface area contributed by atoms with Gasteiger partial charge in [0.2, 0.25) is 0 Å². The molecule has 5 heteroatoms. The Morgan fingerprint density at radius 2 is 2.25 bits per heavy atom. The summed E-state index contributed by atoms with van der Waals surface area (Å²) in [6.45, 7) is 3.79. The van der Waals surface area contributed by atoms with Gasteiger partial charge < -0.3 is 10.2 Å². The zero-order valence-corrected chi connectivity index (χ0v) is 14.3. The van der Waals surface area contributed by atoms with Gasteiger partial charge in [-0.3, -0.25) is 4.79 Å². The lowest BCUT2D eigenvalue weighted by atomic mass is 10.1. The summed E-state index contributed by atoms with van der Waals surface area (Å²) in [7, 11) is 0. The summed E-state index contributed by atoms with van der Waals surface area (Å²) in [6.07, 6.45) is 2.73. The van der Waals surface area contributed by atoms with Gasteiger partial charge in [-0.2, -0.15) is 0 Å². The molecular weight excluding hydrogens is 318 g/mol. The molecule has 4 rings (SSSR count). The lowest BCUT2D eigenvalue weighted by molar-refractivity contribution is 0.0951. The Morgan fingerprint density at radius 3 is 3.17 bits per heavy atom. The van der Waals surface area contributed by atoms with Crippen LogP contribution in [0.5, 0.6) is 0 Å². The summed E-state index contributed by atoms with van der Waals surface area (Å²) in [5, 5.41) is 6.06. The van der Waals surface area contributed by atoms with Crippen molar-refractivity contribution < 1.29 is 4.79 Å². The van der Waals surface area contributed by atoms with Crippen LogP contribution < -0.4 is 10.2 Å². The molecule has 0 fully saturated rings. The highest BCUT2D eigenvalue weighted by molar-refractivity contribution is 7.16. The van der Waals surface area contributed by atoms with Crippen LogP contribution in [0.2, 0.25) is 0 Å². The van der Waals surface area contributed by atoms with Crippen molar-refractivity contribution in [3.63, 3.8) is 0 Å². The smallest absolute Gasteiger partial charge is 0.252 e. The van der Waals surface area contributed by atoms with Crippen molar-refractivity contribution in [2.45, 2.75) is 19.4 Å². The van der Waals surface area contributed by atoms with Crippen LogP contribution in [0.15, 0.2) is 48.0 Å². The van der Waals surface area contributed by atoms with Crippen molar-refractivity contribution in [1.82, 2.24) is 10.3 Å². The fourth-order valence-corrected chi connectivity index (χ4v) is 3.98. The van der Waals surface area contributed by atoms with E-state index in [4.69, 9.17) is 0 Å². The zero-order valence-electron chi connectivity index (χ0n) is 13.5. The van der Waals surface area contributed by atoms with Crippen LogP contribution in [-0.4, -0.2) is 30.0 Å². The number of nitrogens with one attached hydrogen (secondary N) is 1. The number of amides is 1. The highest BCUT2D eigenvalue weighted by Gasteiger charge is 2.23. The first-order valence-corrected chi connectivity index (χ1v) is 9.06. The number of thiophene rings is 1. The van der Waals surface area contributed by atoms with Crippen molar-refractivity contribution >= 4 is 33.1 Å². The Kier molecular flexibility index (Phi) is 3.94. The van der Waals surface area contributed by atoms with Crippen LogP contribution in [0.1, 0.15) is 22.8 Å². The second-order valence-electron chi connectivity index (χ2n) is 6.17. The number of pyridine rings is 1. The molecule has 0 saturated carbocycles. The van der Waals surface area contributed by atoms with Gasteiger partial charge >= 0.3 is 0 Å². The van der Waals surface area contributed by atoms with E-state index < -0.39 is 0 Å². The number of para-hydroxylation sites is 1. The summed E-state index contributed by atoms with van der Waals surface area (Å²) in [5.74, 6) is -0.0602. The predicted molar refractivity (Wildman–Crippen MR) is 98.9 cm³/mol. The van der Waals surface area contributed by atoms with Crippen molar-refractivity contribution in [3.8, 4) is 0 Å². The minimum Gasteiger partial charge on any atom is -0.366 e. The van der Waals surface area contributed by atoms with Gasteiger partial charge in [-0.1, -0.05) is 18.2 Å². The van der Waals surface area contributed by atoms with Crippen molar-refractivity contribution in [2.24, 2.45) is 0 Å². The number of anilines is 1. The van der Waals surface area contributed by atoms with E-state index in [1.165, 1.54) is 11.3 Å². The molecule has 2 aromatic heterocycles. The molecule has 1 aliphatic heterocycles. The van der Waals surface area contributed by atoms with Gasteiger partial charge in [0.15, 0.2) is 0 Å². The van der Waals surface area contributed by atoms with E-state index in [9.17, 15) is 4.79 Å². The summed E-state index contributed by atoms with van der Waals surface area (Å²) < 4.78 is 0. The Balaban J connectivity index is 1.42. The Morgan fingerprint density at radius 1 is 1.38 bits per heavy atom. The molecule has 0 spiro atoms. The SMILES string of the molecule is CC(CNC(=O)c1cnc2sccc2c1)N1CCc2ccccc21. The number of nitrogens with zero attached hydrogens (tertiary/aromatic N) is 2. The molecule has 3 aromatic rings. The topological polar surface area (TPSA) is 45.2 Å². The van der Waals surface area contributed by atoms with Crippen LogP contribution in [0, 0.1) is 0 Å². The molecule has 0 radical (unpaired) electrons. The fraction of sp³-hybridized carbons (Fsp3) is 0.263. The maximum atomic E-state index is 12.4. The van der Waals surface area contributed by atoms with Gasteiger partial charge in [-0.15, -0.1) is 11.3 Å². The number of fused-ring (bicyclic) bond motifs is 2. The first kappa shape index (κ1) is 15.1. The second-order valence-corrected chi connectivity index (χ2v) is 7.06. The molecule has 24 heavy (non-hydrogen) atoms. The minimum absolute atomic E-state index is 0.0602. The Hall–Kier alpha value is -2.40. The van der Waals surface area contributed by atoms with E-state index in [2.05, 4.69) is 46.4 Å². The van der Waals surface area contributed by atoms with E-state index in [0.717, 1.165) is 23.2 Å². The highest BCUT2D eigenvalue weighted by Crippen LogP contribution is 2.28. The van der Waals surface area contributed by atoms with Gasteiger partial charge in [0.25, 0.3) is 5.91 Å². The van der Waals surface area contributed by atoms with Gasteiger partial charge in [0, 0.05) is 36.4 Å². The fourth-order valence-electron chi connectivity index (χ4n) is 3.26. The van der Waals surface area contributed by atoms with E-state index in [0.29, 0.717) is 12.1 Å². The third-order valence-corrected chi connectivity index (χ3v) is 5.42. The maximum absolute atomic E-state index is 12.4. The van der Waals surface area contributed by atoms with Gasteiger partial charge in [0.1, 0.15) is 4.83 Å². The van der Waals surface area contributed by atoms with Gasteiger partial charge in [-0.05, 0) is 42.5 Å². The molecular formula is C19H19N3OS. The number of aromatic nitrogens is 1. The zero-order chi connectivity index (χ0) is 16.5. The van der Waals surface area contributed by atoms with Crippen LogP contribution in [0.3, 0.4) is 0 Å². The number of rotatable bonds is 4. The summed E-state index contributed by atoms with van der Waals surface area (Å²) in [4.78, 5) is 20.1. The summed E-state index contributed by atoms with van der Waals surface area (Å²) >= 11 is 1.59. The second kappa shape index (κ2) is 6.24. The van der Waals surface area contributed by atoms with Gasteiger partial charge in [-0.25, -0.2) is 4.98 Å². The van der Waals surface area contributed by atoms with Crippen molar-refractivity contribution in [1.29, 1.82) is 0 Å².